The van der Waals surface area contributed by atoms with Crippen LogP contribution in [0.5, 0.6) is 0 Å². The topological polar surface area (TPSA) is 66.4 Å². The van der Waals surface area contributed by atoms with Crippen LogP contribution in [0.15, 0.2) is 12.7 Å². The normalized spacial score (nSPS) is 11.8. The van der Waals surface area contributed by atoms with Crippen molar-refractivity contribution < 1.29 is 14.7 Å². The molecular weight excluding hydrogens is 190 g/mol. The Morgan fingerprint density at radius 2 is 2.31 bits per heavy atom. The highest BCUT2D eigenvalue weighted by Crippen LogP contribution is 2.07. The molecular formula is C8H13NO3S. The van der Waals surface area contributed by atoms with Gasteiger partial charge in [0.25, 0.3) is 0 Å². The van der Waals surface area contributed by atoms with Crippen LogP contribution >= 0.6 is 11.8 Å². The van der Waals surface area contributed by atoms with Crippen LogP contribution in [0, 0.1) is 5.92 Å². The van der Waals surface area contributed by atoms with E-state index in [9.17, 15) is 9.59 Å². The molecule has 0 aliphatic carbocycles. The lowest BCUT2D eigenvalue weighted by Crippen LogP contribution is -2.27. The molecule has 4 nitrogen and oxygen atoms in total. The summed E-state index contributed by atoms with van der Waals surface area (Å²) < 4.78 is 0. The molecule has 0 saturated carbocycles. The monoisotopic (exact) mass is 203 g/mol. The van der Waals surface area contributed by atoms with Crippen LogP contribution in [0.25, 0.3) is 0 Å². The third-order valence-corrected chi connectivity index (χ3v) is 2.28. The second-order valence-electron chi connectivity index (χ2n) is 2.63. The summed E-state index contributed by atoms with van der Waals surface area (Å²) in [5.74, 6) is 0.407. The molecule has 5 heteroatoms. The minimum absolute atomic E-state index is 0.144. The molecule has 1 atom stereocenters. The smallest absolute Gasteiger partial charge is 0.364 e. The highest BCUT2D eigenvalue weighted by atomic mass is 32.2. The molecule has 0 fully saturated rings. The van der Waals surface area contributed by atoms with E-state index in [-0.39, 0.29) is 11.8 Å². The van der Waals surface area contributed by atoms with Crippen molar-refractivity contribution in [1.29, 1.82) is 0 Å². The fraction of sp³-hybridized carbons (Fsp3) is 0.500. The van der Waals surface area contributed by atoms with Gasteiger partial charge in [0.15, 0.2) is 0 Å². The highest BCUT2D eigenvalue weighted by molar-refractivity contribution is 8.13. The van der Waals surface area contributed by atoms with Crippen LogP contribution in [-0.2, 0) is 4.79 Å². The van der Waals surface area contributed by atoms with E-state index in [0.29, 0.717) is 12.3 Å². The van der Waals surface area contributed by atoms with Gasteiger partial charge in [-0.3, -0.25) is 4.79 Å². The van der Waals surface area contributed by atoms with Crippen molar-refractivity contribution >= 4 is 23.0 Å². The summed E-state index contributed by atoms with van der Waals surface area (Å²) in [6, 6.07) is 0. The minimum Gasteiger partial charge on any atom is -0.473 e. The van der Waals surface area contributed by atoms with Gasteiger partial charge in [0.05, 0.1) is 0 Å². The summed E-state index contributed by atoms with van der Waals surface area (Å²) in [5, 5.41) is 10.1. The molecule has 0 aromatic heterocycles. The molecule has 0 spiro atoms. The maximum Gasteiger partial charge on any atom is 0.364 e. The van der Waals surface area contributed by atoms with E-state index in [1.807, 2.05) is 6.92 Å². The van der Waals surface area contributed by atoms with Gasteiger partial charge >= 0.3 is 5.30 Å². The maximum atomic E-state index is 10.7. The van der Waals surface area contributed by atoms with Crippen LogP contribution in [0.2, 0.25) is 0 Å². The lowest BCUT2D eigenvalue weighted by molar-refractivity contribution is -0.116. The molecule has 0 saturated heterocycles. The number of nitrogens with one attached hydrogen (secondary N) is 1. The molecule has 0 aromatic rings. The third kappa shape index (κ3) is 7.39. The quantitative estimate of drug-likeness (QED) is 0.662. The van der Waals surface area contributed by atoms with Gasteiger partial charge in [0, 0.05) is 12.3 Å². The third-order valence-electron chi connectivity index (χ3n) is 1.30. The first-order chi connectivity index (χ1) is 6.06. The van der Waals surface area contributed by atoms with E-state index in [2.05, 4.69) is 11.9 Å². The first kappa shape index (κ1) is 12.0. The first-order valence-electron chi connectivity index (χ1n) is 3.82. The van der Waals surface area contributed by atoms with Crippen molar-refractivity contribution in [2.24, 2.45) is 5.92 Å². The highest BCUT2D eigenvalue weighted by Gasteiger charge is 2.06. The molecule has 0 aromatic carbocycles. The Balaban J connectivity index is 3.50. The molecule has 13 heavy (non-hydrogen) atoms. The van der Waals surface area contributed by atoms with Gasteiger partial charge in [-0.1, -0.05) is 13.5 Å². The van der Waals surface area contributed by atoms with Crippen LogP contribution in [0.3, 0.4) is 0 Å². The molecule has 74 valence electrons. The van der Waals surface area contributed by atoms with Crippen molar-refractivity contribution in [3.8, 4) is 0 Å². The van der Waals surface area contributed by atoms with Gasteiger partial charge in [-0.15, -0.1) is 0 Å². The second kappa shape index (κ2) is 6.54. The van der Waals surface area contributed by atoms with E-state index < -0.39 is 5.30 Å². The van der Waals surface area contributed by atoms with E-state index >= 15 is 0 Å². The Hall–Kier alpha value is -0.970. The van der Waals surface area contributed by atoms with Crippen molar-refractivity contribution in [3.63, 3.8) is 0 Å². The largest absolute Gasteiger partial charge is 0.473 e. The van der Waals surface area contributed by atoms with Gasteiger partial charge in [-0.05, 0) is 23.8 Å². The Labute approximate surface area is 81.4 Å². The van der Waals surface area contributed by atoms with Gasteiger partial charge in [-0.2, -0.15) is 0 Å². The summed E-state index contributed by atoms with van der Waals surface area (Å²) in [6.45, 7) is 5.65. The zero-order chi connectivity index (χ0) is 10.3. The van der Waals surface area contributed by atoms with Crippen LogP contribution in [0.4, 0.5) is 4.79 Å². The van der Waals surface area contributed by atoms with Crippen molar-refractivity contribution in [3.05, 3.63) is 12.7 Å². The van der Waals surface area contributed by atoms with Gasteiger partial charge in [-0.25, -0.2) is 4.79 Å². The lowest BCUT2D eigenvalue weighted by atomic mass is 10.2. The maximum absolute atomic E-state index is 10.7. The van der Waals surface area contributed by atoms with Crippen molar-refractivity contribution in [2.75, 3.05) is 12.3 Å². The molecule has 0 heterocycles. The first-order valence-corrected chi connectivity index (χ1v) is 4.80. The van der Waals surface area contributed by atoms with Crippen LogP contribution < -0.4 is 5.32 Å². The molecule has 0 radical (unpaired) electrons. The van der Waals surface area contributed by atoms with E-state index in [4.69, 9.17) is 5.11 Å². The predicted octanol–water partition coefficient (Wildman–Crippen LogP) is 1.34. The summed E-state index contributed by atoms with van der Waals surface area (Å²) in [7, 11) is 0. The lowest BCUT2D eigenvalue weighted by Gasteiger charge is -2.09. The number of amides is 1. The minimum atomic E-state index is -0.887. The molecule has 0 bridgehead atoms. The Kier molecular flexibility index (Phi) is 6.05. The SMILES string of the molecule is C=CC(=O)NCC(C)CSC(=O)O. The molecule has 2 N–H and O–H groups in total. The average molecular weight is 203 g/mol. The summed E-state index contributed by atoms with van der Waals surface area (Å²) in [5.41, 5.74) is 0. The molecule has 0 aliphatic heterocycles. The van der Waals surface area contributed by atoms with E-state index in [1.54, 1.807) is 0 Å². The molecule has 1 unspecified atom stereocenters. The average Bonchev–Trinajstić information content (AvgIpc) is 2.10. The number of carbonyl (C=O) groups excluding carboxylic acids is 1. The Morgan fingerprint density at radius 3 is 2.77 bits per heavy atom. The van der Waals surface area contributed by atoms with Gasteiger partial charge < -0.3 is 10.4 Å². The van der Waals surface area contributed by atoms with Crippen LogP contribution in [0.1, 0.15) is 6.92 Å². The number of carbonyl (C=O) groups is 2. The van der Waals surface area contributed by atoms with Crippen molar-refractivity contribution in [1.82, 2.24) is 5.32 Å². The molecule has 0 aliphatic rings. The van der Waals surface area contributed by atoms with E-state index in [1.165, 1.54) is 6.08 Å². The molecule has 1 amide bonds. The number of thioether (sulfide) groups is 1. The Bertz CT molecular complexity index is 206. The number of rotatable bonds is 5. The van der Waals surface area contributed by atoms with Gasteiger partial charge in [0.1, 0.15) is 0 Å². The number of hydrogen-bond acceptors (Lipinski definition) is 3. The fourth-order valence-corrected chi connectivity index (χ4v) is 1.16. The number of hydrogen-bond donors (Lipinski definition) is 2. The number of carboxylic acid groups (broad SMARTS) is 1. The van der Waals surface area contributed by atoms with E-state index in [0.717, 1.165) is 11.8 Å². The van der Waals surface area contributed by atoms with Crippen molar-refractivity contribution in [2.45, 2.75) is 6.92 Å². The summed E-state index contributed by atoms with van der Waals surface area (Å²) in [4.78, 5) is 20.9. The molecule has 0 rings (SSSR count). The Morgan fingerprint density at radius 1 is 1.69 bits per heavy atom. The summed E-state index contributed by atoms with van der Waals surface area (Å²) in [6.07, 6.45) is 1.19. The standard InChI is InChI=1S/C8H13NO3S/c1-3-7(10)9-4-6(2)5-13-8(11)12/h3,6H,1,4-5H2,2H3,(H,9,10)(H,11,12). The van der Waals surface area contributed by atoms with Gasteiger partial charge in [0.2, 0.25) is 5.91 Å². The predicted molar refractivity (Wildman–Crippen MR) is 52.9 cm³/mol. The van der Waals surface area contributed by atoms with Crippen LogP contribution in [-0.4, -0.2) is 28.6 Å². The zero-order valence-electron chi connectivity index (χ0n) is 7.45. The second-order valence-corrected chi connectivity index (χ2v) is 3.60. The summed E-state index contributed by atoms with van der Waals surface area (Å²) >= 11 is 0.838. The zero-order valence-corrected chi connectivity index (χ0v) is 8.26. The fourth-order valence-electron chi connectivity index (χ4n) is 0.619.